The lowest BCUT2D eigenvalue weighted by Crippen LogP contribution is -1.98. The Morgan fingerprint density at radius 3 is 1.80 bits per heavy atom. The summed E-state index contributed by atoms with van der Waals surface area (Å²) in [5.74, 6) is -3.55. The van der Waals surface area contributed by atoms with Crippen LogP contribution in [0.3, 0.4) is 0 Å². The number of rotatable bonds is 3. The molecule has 1 nitrogen and oxygen atoms in total. The monoisotopic (exact) mass is 284 g/mol. The van der Waals surface area contributed by atoms with E-state index in [0.29, 0.717) is 0 Å². The van der Waals surface area contributed by atoms with E-state index in [0.717, 1.165) is 24.3 Å². The molecule has 0 radical (unpaired) electrons. The highest BCUT2D eigenvalue weighted by molar-refractivity contribution is 5.66. The Kier molecular flexibility index (Phi) is 3.97. The van der Waals surface area contributed by atoms with E-state index < -0.39 is 28.8 Å². The number of halogens is 4. The van der Waals surface area contributed by atoms with Crippen LogP contribution in [0.2, 0.25) is 0 Å². The van der Waals surface area contributed by atoms with E-state index in [4.69, 9.17) is 4.74 Å². The van der Waals surface area contributed by atoms with E-state index in [-0.39, 0.29) is 23.5 Å². The van der Waals surface area contributed by atoms with Gasteiger partial charge in [0.15, 0.2) is 0 Å². The smallest absolute Gasteiger partial charge is 0.137 e. The summed E-state index contributed by atoms with van der Waals surface area (Å²) in [4.78, 5) is 0. The Bertz CT molecular complexity index is 606. The molecule has 0 saturated carbocycles. The second-order valence-electron chi connectivity index (χ2n) is 4.26. The minimum atomic E-state index is -0.934. The standard InChI is InChI=1S/C15H12F4O/c1-3-20-10-6-13(18)15(14(19)7-10)9-4-11(16)8(2)12(17)5-9/h4-7H,3H2,1-2H3. The van der Waals surface area contributed by atoms with E-state index in [9.17, 15) is 17.6 Å². The maximum Gasteiger partial charge on any atom is 0.137 e. The van der Waals surface area contributed by atoms with Crippen molar-refractivity contribution in [3.8, 4) is 16.9 Å². The van der Waals surface area contributed by atoms with Crippen molar-refractivity contribution in [1.82, 2.24) is 0 Å². The SMILES string of the molecule is CCOc1cc(F)c(-c2cc(F)c(C)c(F)c2)c(F)c1. The summed E-state index contributed by atoms with van der Waals surface area (Å²) in [6.45, 7) is 3.18. The predicted octanol–water partition coefficient (Wildman–Crippen LogP) is 4.62. The summed E-state index contributed by atoms with van der Waals surface area (Å²) < 4.78 is 59.8. The van der Waals surface area contributed by atoms with Gasteiger partial charge in [-0.1, -0.05) is 0 Å². The summed E-state index contributed by atoms with van der Waals surface area (Å²) in [6.07, 6.45) is 0. The zero-order valence-electron chi connectivity index (χ0n) is 10.9. The van der Waals surface area contributed by atoms with Gasteiger partial charge in [-0.25, -0.2) is 17.6 Å². The summed E-state index contributed by atoms with van der Waals surface area (Å²) in [6, 6.07) is 3.77. The van der Waals surface area contributed by atoms with Crippen molar-refractivity contribution in [1.29, 1.82) is 0 Å². The maximum atomic E-state index is 13.9. The highest BCUT2D eigenvalue weighted by Gasteiger charge is 2.17. The van der Waals surface area contributed by atoms with Crippen molar-refractivity contribution in [2.45, 2.75) is 13.8 Å². The molecule has 0 N–H and O–H groups in total. The van der Waals surface area contributed by atoms with Crippen molar-refractivity contribution >= 4 is 0 Å². The molecule has 0 unspecified atom stereocenters. The molecule has 0 atom stereocenters. The quantitative estimate of drug-likeness (QED) is 0.747. The molecule has 0 aliphatic carbocycles. The van der Waals surface area contributed by atoms with Crippen LogP contribution < -0.4 is 4.74 Å². The van der Waals surface area contributed by atoms with Crippen LogP contribution >= 0.6 is 0 Å². The van der Waals surface area contributed by atoms with E-state index in [1.54, 1.807) is 6.92 Å². The molecule has 2 rings (SSSR count). The molecule has 0 aromatic heterocycles. The minimum Gasteiger partial charge on any atom is -0.494 e. The minimum absolute atomic E-state index is 0.0271. The molecular weight excluding hydrogens is 272 g/mol. The van der Waals surface area contributed by atoms with Gasteiger partial charge in [0.1, 0.15) is 29.0 Å². The summed E-state index contributed by atoms with van der Waals surface area (Å²) >= 11 is 0. The molecule has 5 heteroatoms. The van der Waals surface area contributed by atoms with Crippen molar-refractivity contribution in [2.24, 2.45) is 0 Å². The number of hydrogen-bond donors (Lipinski definition) is 0. The predicted molar refractivity (Wildman–Crippen MR) is 67.6 cm³/mol. The van der Waals surface area contributed by atoms with E-state index in [1.165, 1.54) is 6.92 Å². The lowest BCUT2D eigenvalue weighted by Gasteiger charge is -2.10. The third-order valence-electron chi connectivity index (χ3n) is 2.90. The molecule has 0 saturated heterocycles. The van der Waals surface area contributed by atoms with Gasteiger partial charge in [-0.2, -0.15) is 0 Å². The van der Waals surface area contributed by atoms with Crippen LogP contribution in [-0.4, -0.2) is 6.61 Å². The lowest BCUT2D eigenvalue weighted by molar-refractivity contribution is 0.336. The van der Waals surface area contributed by atoms with Crippen LogP contribution in [0, 0.1) is 30.2 Å². The van der Waals surface area contributed by atoms with Crippen molar-refractivity contribution in [2.75, 3.05) is 6.61 Å². The van der Waals surface area contributed by atoms with Gasteiger partial charge in [0.2, 0.25) is 0 Å². The van der Waals surface area contributed by atoms with Crippen LogP contribution in [0.4, 0.5) is 17.6 Å². The molecule has 0 aliphatic rings. The molecule has 0 heterocycles. The van der Waals surface area contributed by atoms with Crippen molar-refractivity contribution in [3.05, 3.63) is 53.1 Å². The average Bonchev–Trinajstić information content (AvgIpc) is 2.35. The third-order valence-corrected chi connectivity index (χ3v) is 2.90. The molecular formula is C15H12F4O. The molecule has 20 heavy (non-hydrogen) atoms. The van der Waals surface area contributed by atoms with Crippen LogP contribution in [0.5, 0.6) is 5.75 Å². The van der Waals surface area contributed by atoms with Gasteiger partial charge < -0.3 is 4.74 Å². The van der Waals surface area contributed by atoms with Crippen LogP contribution in [-0.2, 0) is 0 Å². The molecule has 0 spiro atoms. The molecule has 106 valence electrons. The molecule has 2 aromatic carbocycles. The van der Waals surface area contributed by atoms with Crippen LogP contribution in [0.1, 0.15) is 12.5 Å². The fourth-order valence-electron chi connectivity index (χ4n) is 1.87. The van der Waals surface area contributed by atoms with Gasteiger partial charge in [0, 0.05) is 17.7 Å². The van der Waals surface area contributed by atoms with Crippen LogP contribution in [0.15, 0.2) is 24.3 Å². The second kappa shape index (κ2) is 5.53. The number of benzene rings is 2. The Labute approximate surface area is 113 Å². The first-order chi connectivity index (χ1) is 9.43. The van der Waals surface area contributed by atoms with E-state index in [1.807, 2.05) is 0 Å². The van der Waals surface area contributed by atoms with Gasteiger partial charge in [-0.05, 0) is 31.5 Å². The third kappa shape index (κ3) is 2.61. The molecule has 0 aliphatic heterocycles. The van der Waals surface area contributed by atoms with Gasteiger partial charge >= 0.3 is 0 Å². The van der Waals surface area contributed by atoms with E-state index in [2.05, 4.69) is 0 Å². The second-order valence-corrected chi connectivity index (χ2v) is 4.26. The number of hydrogen-bond acceptors (Lipinski definition) is 1. The van der Waals surface area contributed by atoms with Gasteiger partial charge in [0.25, 0.3) is 0 Å². The topological polar surface area (TPSA) is 9.23 Å². The van der Waals surface area contributed by atoms with Gasteiger partial charge in [-0.15, -0.1) is 0 Å². The zero-order valence-corrected chi connectivity index (χ0v) is 10.9. The molecule has 0 bridgehead atoms. The summed E-state index contributed by atoms with van der Waals surface area (Å²) in [5, 5.41) is 0. The van der Waals surface area contributed by atoms with Crippen molar-refractivity contribution < 1.29 is 22.3 Å². The fraction of sp³-hybridized carbons (Fsp3) is 0.200. The first-order valence-corrected chi connectivity index (χ1v) is 6.02. The fourth-order valence-corrected chi connectivity index (χ4v) is 1.87. The first kappa shape index (κ1) is 14.4. The van der Waals surface area contributed by atoms with Gasteiger partial charge in [0.05, 0.1) is 12.2 Å². The Morgan fingerprint density at radius 2 is 1.35 bits per heavy atom. The Balaban J connectivity index is 2.58. The molecule has 0 fully saturated rings. The normalized spacial score (nSPS) is 10.7. The molecule has 0 amide bonds. The summed E-state index contributed by atoms with van der Waals surface area (Å²) in [5.41, 5.74) is -0.865. The molecule has 2 aromatic rings. The lowest BCUT2D eigenvalue weighted by atomic mass is 10.0. The average molecular weight is 284 g/mol. The number of ether oxygens (including phenoxy) is 1. The summed E-state index contributed by atoms with van der Waals surface area (Å²) in [7, 11) is 0. The Hall–Kier alpha value is -2.04. The maximum absolute atomic E-state index is 13.9. The van der Waals surface area contributed by atoms with E-state index >= 15 is 0 Å². The van der Waals surface area contributed by atoms with Crippen LogP contribution in [0.25, 0.3) is 11.1 Å². The van der Waals surface area contributed by atoms with Crippen molar-refractivity contribution in [3.63, 3.8) is 0 Å². The zero-order chi connectivity index (χ0) is 14.9. The Morgan fingerprint density at radius 1 is 0.850 bits per heavy atom. The van der Waals surface area contributed by atoms with Gasteiger partial charge in [-0.3, -0.25) is 0 Å². The highest BCUT2D eigenvalue weighted by atomic mass is 19.1. The highest BCUT2D eigenvalue weighted by Crippen LogP contribution is 2.31. The largest absolute Gasteiger partial charge is 0.494 e. The first-order valence-electron chi connectivity index (χ1n) is 6.02.